The van der Waals surface area contributed by atoms with Gasteiger partial charge < -0.3 is 10.1 Å². The van der Waals surface area contributed by atoms with Crippen LogP contribution in [0.25, 0.3) is 5.69 Å². The van der Waals surface area contributed by atoms with Crippen LogP contribution in [0.1, 0.15) is 33.1 Å². The lowest BCUT2D eigenvalue weighted by Crippen LogP contribution is -2.27. The Hall–Kier alpha value is -3.72. The fourth-order valence-electron chi connectivity index (χ4n) is 3.58. The van der Waals surface area contributed by atoms with Crippen LogP contribution in [0, 0.1) is 13.8 Å². The molecular formula is C25H26N6O2S. The monoisotopic (exact) mass is 474 g/mol. The summed E-state index contributed by atoms with van der Waals surface area (Å²) < 4.78 is 7.10. The Morgan fingerprint density at radius 2 is 1.74 bits per heavy atom. The van der Waals surface area contributed by atoms with E-state index in [2.05, 4.69) is 25.6 Å². The maximum absolute atomic E-state index is 13.1. The minimum absolute atomic E-state index is 0.269. The number of rotatable bonds is 9. The van der Waals surface area contributed by atoms with Crippen molar-refractivity contribution in [3.8, 4) is 11.4 Å². The number of hydrogen-bond acceptors (Lipinski definition) is 7. The molecule has 0 aliphatic carbocycles. The zero-order valence-corrected chi connectivity index (χ0v) is 20.2. The van der Waals surface area contributed by atoms with Crippen molar-refractivity contribution in [2.75, 3.05) is 13.7 Å². The van der Waals surface area contributed by atoms with Gasteiger partial charge in [0.1, 0.15) is 5.75 Å². The molecule has 34 heavy (non-hydrogen) atoms. The number of carbonyl (C=O) groups excluding carboxylic acids is 1. The molecule has 0 unspecified atom stereocenters. The molecule has 9 heteroatoms. The van der Waals surface area contributed by atoms with Gasteiger partial charge in [0.2, 0.25) is 0 Å². The number of thioether (sulfide) groups is 1. The Bertz CT molecular complexity index is 1260. The third kappa shape index (κ3) is 5.60. The molecule has 0 saturated carbocycles. The number of carbonyl (C=O) groups is 1. The molecule has 1 N–H and O–H groups in total. The molecule has 0 spiro atoms. The van der Waals surface area contributed by atoms with Crippen LogP contribution in [0.15, 0.2) is 65.8 Å². The third-order valence-electron chi connectivity index (χ3n) is 5.15. The van der Waals surface area contributed by atoms with Crippen molar-refractivity contribution in [2.45, 2.75) is 31.2 Å². The van der Waals surface area contributed by atoms with Crippen LogP contribution in [0.3, 0.4) is 0 Å². The molecule has 0 saturated heterocycles. The van der Waals surface area contributed by atoms with Gasteiger partial charge in [-0.25, -0.2) is 14.6 Å². The van der Waals surface area contributed by atoms with Gasteiger partial charge in [-0.2, -0.15) is 0 Å². The lowest BCUT2D eigenvalue weighted by atomic mass is 10.1. The van der Waals surface area contributed by atoms with Gasteiger partial charge >= 0.3 is 0 Å². The highest BCUT2D eigenvalue weighted by atomic mass is 32.2. The minimum atomic E-state index is -0.269. The molecular weight excluding hydrogens is 448 g/mol. The Labute approximate surface area is 202 Å². The third-order valence-corrected chi connectivity index (χ3v) is 6.01. The first-order valence-corrected chi connectivity index (χ1v) is 11.9. The van der Waals surface area contributed by atoms with E-state index in [-0.39, 0.29) is 5.91 Å². The average Bonchev–Trinajstić information content (AvgIpc) is 3.27. The number of nitrogens with zero attached hydrogens (tertiary/aromatic N) is 5. The van der Waals surface area contributed by atoms with E-state index in [1.807, 2.05) is 74.5 Å². The van der Waals surface area contributed by atoms with E-state index in [1.54, 1.807) is 11.8 Å². The Balaban J connectivity index is 1.53. The first-order valence-electron chi connectivity index (χ1n) is 10.9. The highest BCUT2D eigenvalue weighted by Gasteiger charge is 2.21. The zero-order valence-electron chi connectivity index (χ0n) is 19.4. The largest absolute Gasteiger partial charge is 0.496 e. The van der Waals surface area contributed by atoms with Crippen LogP contribution in [0.5, 0.6) is 5.75 Å². The van der Waals surface area contributed by atoms with Gasteiger partial charge in [-0.3, -0.25) is 4.79 Å². The molecule has 0 aliphatic heterocycles. The molecule has 2 aromatic carbocycles. The van der Waals surface area contributed by atoms with Crippen molar-refractivity contribution >= 4 is 17.7 Å². The van der Waals surface area contributed by atoms with E-state index in [1.165, 1.54) is 11.8 Å². The second kappa shape index (κ2) is 10.9. The van der Waals surface area contributed by atoms with Gasteiger partial charge in [-0.05, 0) is 50.1 Å². The van der Waals surface area contributed by atoms with E-state index in [0.29, 0.717) is 35.3 Å². The van der Waals surface area contributed by atoms with Crippen LogP contribution < -0.4 is 10.1 Å². The highest BCUT2D eigenvalue weighted by molar-refractivity contribution is 7.98. The van der Waals surface area contributed by atoms with E-state index in [9.17, 15) is 4.79 Å². The van der Waals surface area contributed by atoms with Crippen LogP contribution in [-0.4, -0.2) is 44.5 Å². The van der Waals surface area contributed by atoms with Crippen molar-refractivity contribution in [3.05, 3.63) is 89.0 Å². The van der Waals surface area contributed by atoms with Gasteiger partial charge in [0, 0.05) is 23.7 Å². The van der Waals surface area contributed by atoms with E-state index in [0.717, 1.165) is 28.4 Å². The summed E-state index contributed by atoms with van der Waals surface area (Å²) in [6, 6.07) is 19.3. The van der Waals surface area contributed by atoms with Crippen molar-refractivity contribution in [1.82, 2.24) is 30.3 Å². The second-order valence-corrected chi connectivity index (χ2v) is 8.61. The number of methoxy groups -OCH3 is 1. The fourth-order valence-corrected chi connectivity index (χ4v) is 4.52. The molecule has 4 aromatic rings. The van der Waals surface area contributed by atoms with E-state index >= 15 is 0 Å². The topological polar surface area (TPSA) is 94.8 Å². The van der Waals surface area contributed by atoms with Crippen molar-refractivity contribution in [1.29, 1.82) is 0 Å². The summed E-state index contributed by atoms with van der Waals surface area (Å²) in [6.45, 7) is 4.33. The molecule has 0 bridgehead atoms. The number of aryl methyl sites for hydroxylation is 2. The number of nitrogens with one attached hydrogen (secondary N) is 1. The van der Waals surface area contributed by atoms with Gasteiger partial charge in [0.15, 0.2) is 10.9 Å². The molecule has 2 heterocycles. The lowest BCUT2D eigenvalue weighted by Gasteiger charge is -2.10. The highest BCUT2D eigenvalue weighted by Crippen LogP contribution is 2.24. The SMILES string of the molecule is COc1ccccc1CCNC(=O)c1nnn(-c2ccccc2)c1CSc1nc(C)cc(C)n1. The molecule has 2 aromatic heterocycles. The number of benzene rings is 2. The summed E-state index contributed by atoms with van der Waals surface area (Å²) in [5.74, 6) is 0.978. The van der Waals surface area contributed by atoms with Crippen LogP contribution in [0.4, 0.5) is 0 Å². The van der Waals surface area contributed by atoms with Crippen molar-refractivity contribution < 1.29 is 9.53 Å². The maximum atomic E-state index is 13.1. The van der Waals surface area contributed by atoms with Crippen LogP contribution >= 0.6 is 11.8 Å². The summed E-state index contributed by atoms with van der Waals surface area (Å²) in [5.41, 5.74) is 4.65. The Kier molecular flexibility index (Phi) is 7.54. The molecule has 0 radical (unpaired) electrons. The molecule has 4 rings (SSSR count). The molecule has 0 fully saturated rings. The number of para-hydroxylation sites is 2. The van der Waals surface area contributed by atoms with E-state index < -0.39 is 0 Å². The molecule has 0 aliphatic rings. The number of amides is 1. The number of aromatic nitrogens is 5. The van der Waals surface area contributed by atoms with Gasteiger partial charge in [0.25, 0.3) is 5.91 Å². The van der Waals surface area contributed by atoms with Gasteiger partial charge in [-0.1, -0.05) is 53.4 Å². The van der Waals surface area contributed by atoms with Crippen LogP contribution in [0.2, 0.25) is 0 Å². The normalized spacial score (nSPS) is 10.8. The van der Waals surface area contributed by atoms with Gasteiger partial charge in [0.05, 0.1) is 18.5 Å². The number of ether oxygens (including phenoxy) is 1. The van der Waals surface area contributed by atoms with Gasteiger partial charge in [-0.15, -0.1) is 5.10 Å². The zero-order chi connectivity index (χ0) is 23.9. The lowest BCUT2D eigenvalue weighted by molar-refractivity contribution is 0.0948. The maximum Gasteiger partial charge on any atom is 0.273 e. The average molecular weight is 475 g/mol. The summed E-state index contributed by atoms with van der Waals surface area (Å²) >= 11 is 1.45. The second-order valence-electron chi connectivity index (χ2n) is 7.67. The number of hydrogen-bond donors (Lipinski definition) is 1. The molecule has 8 nitrogen and oxygen atoms in total. The first-order chi connectivity index (χ1) is 16.5. The predicted molar refractivity (Wildman–Crippen MR) is 131 cm³/mol. The first kappa shape index (κ1) is 23.4. The molecule has 1 amide bonds. The predicted octanol–water partition coefficient (Wildman–Crippen LogP) is 3.95. The smallest absolute Gasteiger partial charge is 0.273 e. The quantitative estimate of drug-likeness (QED) is 0.290. The summed E-state index contributed by atoms with van der Waals surface area (Å²) in [6.07, 6.45) is 0.642. The summed E-state index contributed by atoms with van der Waals surface area (Å²) in [5, 5.41) is 12.1. The standard InChI is InChI=1S/C25H26N6O2S/c1-17-15-18(2)28-25(27-17)34-16-21-23(29-30-31(21)20-10-5-4-6-11-20)24(32)26-14-13-19-9-7-8-12-22(19)33-3/h4-12,15H,13-14,16H2,1-3H3,(H,26,32). The van der Waals surface area contributed by atoms with Crippen LogP contribution in [-0.2, 0) is 12.2 Å². The molecule has 174 valence electrons. The Morgan fingerprint density at radius 1 is 1.03 bits per heavy atom. The fraction of sp³-hybridized carbons (Fsp3) is 0.240. The minimum Gasteiger partial charge on any atom is -0.496 e. The van der Waals surface area contributed by atoms with Crippen molar-refractivity contribution in [2.24, 2.45) is 0 Å². The van der Waals surface area contributed by atoms with E-state index in [4.69, 9.17) is 4.74 Å². The summed E-state index contributed by atoms with van der Waals surface area (Å²) in [7, 11) is 1.64. The molecule has 0 atom stereocenters. The Morgan fingerprint density at radius 3 is 2.47 bits per heavy atom. The summed E-state index contributed by atoms with van der Waals surface area (Å²) in [4.78, 5) is 22.1. The van der Waals surface area contributed by atoms with Crippen molar-refractivity contribution in [3.63, 3.8) is 0 Å².